The highest BCUT2D eigenvalue weighted by atomic mass is 35.5. The number of aliphatic hydroxyl groups is 1. The second-order valence-corrected chi connectivity index (χ2v) is 5.83. The number of carboxylic acids is 1. The molecule has 2 aromatic rings. The van der Waals surface area contributed by atoms with Crippen LogP contribution in [0.25, 0.3) is 11.0 Å². The van der Waals surface area contributed by atoms with Gasteiger partial charge >= 0.3 is 5.97 Å². The Balaban J connectivity index is 0.000000399. The maximum absolute atomic E-state index is 9.39. The molecule has 2 atom stereocenters. The number of nitrogens with zero attached hydrogens (tertiary/aromatic N) is 3. The Labute approximate surface area is 149 Å². The predicted molar refractivity (Wildman–Crippen MR) is 92.9 cm³/mol. The summed E-state index contributed by atoms with van der Waals surface area (Å²) in [5.41, 5.74) is 5.48. The lowest BCUT2D eigenvalue weighted by atomic mass is 10.0. The number of halogens is 1. The van der Waals surface area contributed by atoms with E-state index in [0.717, 1.165) is 0 Å². The molecule has 1 saturated heterocycles. The van der Waals surface area contributed by atoms with Crippen molar-refractivity contribution in [1.29, 1.82) is 0 Å². The summed E-state index contributed by atoms with van der Waals surface area (Å²) in [6, 6.07) is 1.80. The number of hydrogen-bond acceptors (Lipinski definition) is 6. The summed E-state index contributed by atoms with van der Waals surface area (Å²) < 4.78 is 7.63. The second kappa shape index (κ2) is 7.70. The van der Waals surface area contributed by atoms with Crippen LogP contribution in [0.1, 0.15) is 32.4 Å². The molecular weight excluding hydrogens is 348 g/mol. The molecule has 0 aliphatic carbocycles. The largest absolute Gasteiger partial charge is 0.481 e. The number of aliphatic hydroxyl groups excluding tert-OH is 1. The maximum Gasteiger partial charge on any atom is 0.303 e. The minimum atomic E-state index is -0.927. The average molecular weight is 367 g/mol. The second-order valence-electron chi connectivity index (χ2n) is 5.49. The zero-order valence-electron chi connectivity index (χ0n) is 13.6. The summed E-state index contributed by atoms with van der Waals surface area (Å²) >= 11 is 5.84. The van der Waals surface area contributed by atoms with E-state index in [1.54, 1.807) is 19.2 Å². The molecule has 9 heteroatoms. The molecule has 1 fully saturated rings. The molecule has 3 rings (SSSR count). The van der Waals surface area contributed by atoms with Crippen LogP contribution in [0.4, 0.5) is 5.82 Å². The Hall–Kier alpha value is -2.34. The summed E-state index contributed by atoms with van der Waals surface area (Å²) in [5.74, 6) is 2.10. The van der Waals surface area contributed by atoms with E-state index in [4.69, 9.17) is 33.6 Å². The molecule has 0 spiro atoms. The van der Waals surface area contributed by atoms with Crippen molar-refractivity contribution in [3.05, 3.63) is 17.5 Å². The highest BCUT2D eigenvalue weighted by Crippen LogP contribution is 2.37. The fourth-order valence-electron chi connectivity index (χ4n) is 2.46. The standard InChI is InChI=1S/C13H13ClN4O2.C3H6O2/c1-2-13(7-19)5-3-9(20-13)18-6-4-8-10(15)16-12(14)17-11(8)18;1-2-3(4)5/h1,4,6,9,19H,3,5,7H2,(H2,15,16,17);2H2,1H3,(H,4,5). The van der Waals surface area contributed by atoms with E-state index in [1.807, 2.05) is 4.57 Å². The summed E-state index contributed by atoms with van der Waals surface area (Å²) in [6.45, 7) is 1.39. The number of nitrogens with two attached hydrogens (primary N) is 1. The van der Waals surface area contributed by atoms with Crippen LogP contribution in [0.3, 0.4) is 0 Å². The lowest BCUT2D eigenvalue weighted by Crippen LogP contribution is -2.31. The van der Waals surface area contributed by atoms with Crippen LogP contribution in [-0.2, 0) is 9.53 Å². The van der Waals surface area contributed by atoms with E-state index in [0.29, 0.717) is 29.7 Å². The van der Waals surface area contributed by atoms with Gasteiger partial charge in [0.2, 0.25) is 5.28 Å². The SMILES string of the molecule is C#CC1(CO)CCC(n2ccc3c(N)nc(Cl)nc32)O1.CCC(=O)O. The van der Waals surface area contributed by atoms with Crippen molar-refractivity contribution >= 4 is 34.4 Å². The third-order valence-corrected chi connectivity index (χ3v) is 4.03. The van der Waals surface area contributed by atoms with Crippen molar-refractivity contribution in [2.45, 2.75) is 38.0 Å². The Morgan fingerprint density at radius 2 is 2.32 bits per heavy atom. The minimum absolute atomic E-state index is 0.0818. The van der Waals surface area contributed by atoms with Gasteiger partial charge in [-0.1, -0.05) is 12.8 Å². The third-order valence-electron chi connectivity index (χ3n) is 3.86. The first-order chi connectivity index (χ1) is 11.9. The van der Waals surface area contributed by atoms with Gasteiger partial charge in [0.25, 0.3) is 0 Å². The molecule has 1 aliphatic rings. The van der Waals surface area contributed by atoms with Crippen molar-refractivity contribution in [2.75, 3.05) is 12.3 Å². The zero-order chi connectivity index (χ0) is 18.6. The van der Waals surface area contributed by atoms with Gasteiger partial charge in [0.05, 0.1) is 12.0 Å². The molecule has 3 heterocycles. The van der Waals surface area contributed by atoms with Crippen LogP contribution in [0, 0.1) is 12.3 Å². The first kappa shape index (κ1) is 19.0. The number of anilines is 1. The van der Waals surface area contributed by atoms with Gasteiger partial charge in [-0.15, -0.1) is 6.42 Å². The van der Waals surface area contributed by atoms with Crippen molar-refractivity contribution in [1.82, 2.24) is 14.5 Å². The number of hydrogen-bond donors (Lipinski definition) is 3. The fraction of sp³-hybridized carbons (Fsp3) is 0.438. The van der Waals surface area contributed by atoms with Crippen LogP contribution >= 0.6 is 11.6 Å². The number of carboxylic acid groups (broad SMARTS) is 1. The van der Waals surface area contributed by atoms with Gasteiger partial charge in [-0.3, -0.25) is 4.79 Å². The smallest absolute Gasteiger partial charge is 0.303 e. The maximum atomic E-state index is 9.39. The van der Waals surface area contributed by atoms with E-state index < -0.39 is 11.6 Å². The van der Waals surface area contributed by atoms with Gasteiger partial charge in [-0.05, 0) is 30.5 Å². The third kappa shape index (κ3) is 4.02. The van der Waals surface area contributed by atoms with Crippen molar-refractivity contribution in [3.63, 3.8) is 0 Å². The molecule has 0 amide bonds. The molecular formula is C16H19ClN4O4. The molecule has 4 N–H and O–H groups in total. The highest BCUT2D eigenvalue weighted by Gasteiger charge is 2.39. The van der Waals surface area contributed by atoms with E-state index >= 15 is 0 Å². The van der Waals surface area contributed by atoms with Gasteiger partial charge in [0.1, 0.15) is 17.7 Å². The monoisotopic (exact) mass is 366 g/mol. The lowest BCUT2D eigenvalue weighted by molar-refractivity contribution is -0.136. The number of ether oxygens (including phenoxy) is 1. The quantitative estimate of drug-likeness (QED) is 0.559. The molecule has 2 unspecified atom stereocenters. The highest BCUT2D eigenvalue weighted by molar-refractivity contribution is 6.28. The van der Waals surface area contributed by atoms with E-state index in [1.165, 1.54) is 0 Å². The molecule has 8 nitrogen and oxygen atoms in total. The number of carbonyl (C=O) groups is 1. The van der Waals surface area contributed by atoms with Crippen molar-refractivity contribution < 1.29 is 19.7 Å². The van der Waals surface area contributed by atoms with Gasteiger partial charge in [-0.25, -0.2) is 4.98 Å². The van der Waals surface area contributed by atoms with E-state index in [2.05, 4.69) is 15.9 Å². The summed E-state index contributed by atoms with van der Waals surface area (Å²) in [5, 5.41) is 17.9. The summed E-state index contributed by atoms with van der Waals surface area (Å²) in [7, 11) is 0. The molecule has 0 aromatic carbocycles. The molecule has 134 valence electrons. The molecule has 0 bridgehead atoms. The molecule has 25 heavy (non-hydrogen) atoms. The number of terminal acetylenes is 1. The van der Waals surface area contributed by atoms with Gasteiger partial charge in [0, 0.05) is 12.6 Å². The topological polar surface area (TPSA) is 123 Å². The average Bonchev–Trinajstić information content (AvgIpc) is 3.19. The minimum Gasteiger partial charge on any atom is -0.481 e. The van der Waals surface area contributed by atoms with E-state index in [9.17, 15) is 9.90 Å². The molecule has 0 radical (unpaired) electrons. The molecule has 2 aromatic heterocycles. The Kier molecular flexibility index (Phi) is 5.85. The number of aromatic nitrogens is 3. The molecule has 1 aliphatic heterocycles. The zero-order valence-corrected chi connectivity index (χ0v) is 14.4. The van der Waals surface area contributed by atoms with Crippen LogP contribution in [0.2, 0.25) is 5.28 Å². The Morgan fingerprint density at radius 1 is 1.64 bits per heavy atom. The number of nitrogen functional groups attached to an aromatic ring is 1. The van der Waals surface area contributed by atoms with Crippen molar-refractivity contribution in [3.8, 4) is 12.3 Å². The first-order valence-electron chi connectivity index (χ1n) is 7.63. The van der Waals surface area contributed by atoms with Gasteiger partial charge in [0.15, 0.2) is 5.60 Å². The first-order valence-corrected chi connectivity index (χ1v) is 8.01. The van der Waals surface area contributed by atoms with Crippen LogP contribution in [-0.4, -0.2) is 42.9 Å². The lowest BCUT2D eigenvalue weighted by Gasteiger charge is -2.21. The van der Waals surface area contributed by atoms with Crippen LogP contribution < -0.4 is 5.73 Å². The number of fused-ring (bicyclic) bond motifs is 1. The van der Waals surface area contributed by atoms with Gasteiger partial charge < -0.3 is 25.3 Å². The number of rotatable bonds is 3. The van der Waals surface area contributed by atoms with Crippen molar-refractivity contribution in [2.24, 2.45) is 0 Å². The van der Waals surface area contributed by atoms with E-state index in [-0.39, 0.29) is 24.5 Å². The Morgan fingerprint density at radius 3 is 2.84 bits per heavy atom. The summed E-state index contributed by atoms with van der Waals surface area (Å²) in [4.78, 5) is 17.5. The fourth-order valence-corrected chi connectivity index (χ4v) is 2.63. The predicted octanol–water partition coefficient (Wildman–Crippen LogP) is 1.82. The van der Waals surface area contributed by atoms with Gasteiger partial charge in [-0.2, -0.15) is 4.98 Å². The summed E-state index contributed by atoms with van der Waals surface area (Å²) in [6.07, 6.45) is 8.43. The number of aliphatic carboxylic acids is 1. The Bertz CT molecular complexity index is 816. The normalized spacial score (nSPS) is 22.2. The van der Waals surface area contributed by atoms with Crippen LogP contribution in [0.15, 0.2) is 12.3 Å². The van der Waals surface area contributed by atoms with Crippen LogP contribution in [0.5, 0.6) is 0 Å². The molecule has 0 saturated carbocycles.